The smallest absolute Gasteiger partial charge is 0.269 e. The fourth-order valence-corrected chi connectivity index (χ4v) is 6.26. The first-order valence-electron chi connectivity index (χ1n) is 15.6. The standard InChI is InChI=1S/C36H33N7O6S/c1-48-29-16-10-25(11-17-29)31-20-32(26-12-18-30(49-2)19-13-26)42(40-31)34(44)23-50-36-39-38-33(41(36)22-24-6-4-3-5-7-24)21-37-35(45)27-8-14-28(15-9-27)43(46)47/h3-19,32H,20-23H2,1-2H3,(H,37,45)/t32-/m0/s1. The van der Waals surface area contributed by atoms with Crippen LogP contribution >= 0.6 is 11.8 Å². The number of nitrogens with zero attached hydrogens (tertiary/aromatic N) is 6. The highest BCUT2D eigenvalue weighted by molar-refractivity contribution is 7.99. The normalized spacial score (nSPS) is 13.8. The molecule has 0 bridgehead atoms. The molecular weight excluding hydrogens is 659 g/mol. The number of amides is 2. The largest absolute Gasteiger partial charge is 0.497 e. The number of nitro benzene ring substituents is 1. The molecule has 0 saturated heterocycles. The van der Waals surface area contributed by atoms with Gasteiger partial charge in [-0.3, -0.25) is 19.7 Å². The van der Waals surface area contributed by atoms with Crippen molar-refractivity contribution < 1.29 is 24.0 Å². The molecule has 1 aromatic heterocycles. The minimum Gasteiger partial charge on any atom is -0.497 e. The minimum atomic E-state index is -0.521. The second-order valence-corrected chi connectivity index (χ2v) is 12.2. The van der Waals surface area contributed by atoms with Crippen molar-refractivity contribution >= 4 is 35.0 Å². The fourth-order valence-electron chi connectivity index (χ4n) is 5.45. The zero-order valence-corrected chi connectivity index (χ0v) is 28.1. The van der Waals surface area contributed by atoms with Gasteiger partial charge in [-0.25, -0.2) is 5.01 Å². The number of hydrogen-bond acceptors (Lipinski definition) is 10. The van der Waals surface area contributed by atoms with Gasteiger partial charge in [-0.05, 0) is 65.2 Å². The van der Waals surface area contributed by atoms with E-state index in [1.165, 1.54) is 41.0 Å². The molecule has 1 N–H and O–H groups in total. The van der Waals surface area contributed by atoms with E-state index in [1.807, 2.05) is 83.4 Å². The summed E-state index contributed by atoms with van der Waals surface area (Å²) in [6.45, 7) is 0.455. The molecule has 4 aromatic carbocycles. The van der Waals surface area contributed by atoms with Crippen LogP contribution in [0, 0.1) is 10.1 Å². The molecule has 13 nitrogen and oxygen atoms in total. The van der Waals surface area contributed by atoms with Crippen molar-refractivity contribution in [1.82, 2.24) is 25.1 Å². The number of hydrogen-bond donors (Lipinski definition) is 1. The second kappa shape index (κ2) is 15.5. The summed E-state index contributed by atoms with van der Waals surface area (Å²) < 4.78 is 12.5. The number of benzene rings is 4. The van der Waals surface area contributed by atoms with Gasteiger partial charge in [-0.1, -0.05) is 54.2 Å². The van der Waals surface area contributed by atoms with Crippen LogP contribution in [0.1, 0.15) is 45.3 Å². The zero-order valence-electron chi connectivity index (χ0n) is 27.3. The number of rotatable bonds is 13. The van der Waals surface area contributed by atoms with Crippen LogP contribution in [0.4, 0.5) is 5.69 Å². The summed E-state index contributed by atoms with van der Waals surface area (Å²) in [4.78, 5) is 37.3. The number of carbonyl (C=O) groups is 2. The van der Waals surface area contributed by atoms with Crippen LogP contribution in [0.5, 0.6) is 11.5 Å². The zero-order chi connectivity index (χ0) is 35.0. The van der Waals surface area contributed by atoms with Crippen LogP contribution in [0.15, 0.2) is 113 Å². The average Bonchev–Trinajstić information content (AvgIpc) is 3.78. The lowest BCUT2D eigenvalue weighted by atomic mass is 9.98. The van der Waals surface area contributed by atoms with Crippen molar-refractivity contribution in [3.05, 3.63) is 141 Å². The number of aromatic nitrogens is 3. The maximum atomic E-state index is 13.9. The first kappa shape index (κ1) is 33.9. The third kappa shape index (κ3) is 7.81. The molecule has 0 aliphatic carbocycles. The van der Waals surface area contributed by atoms with Crippen LogP contribution in [-0.2, 0) is 17.9 Å². The average molecular weight is 692 g/mol. The summed E-state index contributed by atoms with van der Waals surface area (Å²) in [5.74, 6) is 1.34. The van der Waals surface area contributed by atoms with Crippen molar-refractivity contribution in [3.8, 4) is 11.5 Å². The molecule has 14 heteroatoms. The van der Waals surface area contributed by atoms with E-state index in [-0.39, 0.29) is 35.5 Å². The summed E-state index contributed by atoms with van der Waals surface area (Å²) in [5, 5.41) is 29.4. The molecule has 1 aliphatic heterocycles. The van der Waals surface area contributed by atoms with Gasteiger partial charge in [-0.15, -0.1) is 10.2 Å². The highest BCUT2D eigenvalue weighted by atomic mass is 32.2. The number of thioether (sulfide) groups is 1. The van der Waals surface area contributed by atoms with E-state index in [4.69, 9.17) is 14.6 Å². The van der Waals surface area contributed by atoms with Crippen LogP contribution in [-0.4, -0.2) is 62.2 Å². The molecule has 0 unspecified atom stereocenters. The van der Waals surface area contributed by atoms with Crippen molar-refractivity contribution in [1.29, 1.82) is 0 Å². The number of non-ortho nitro benzene ring substituents is 1. The van der Waals surface area contributed by atoms with Gasteiger partial charge >= 0.3 is 0 Å². The number of nitro groups is 1. The highest BCUT2D eigenvalue weighted by Gasteiger charge is 2.33. The summed E-state index contributed by atoms with van der Waals surface area (Å²) in [5.41, 5.74) is 3.76. The molecule has 1 aliphatic rings. The van der Waals surface area contributed by atoms with Crippen LogP contribution < -0.4 is 14.8 Å². The first-order valence-corrected chi connectivity index (χ1v) is 16.6. The predicted molar refractivity (Wildman–Crippen MR) is 187 cm³/mol. The Hall–Kier alpha value is -6.02. The van der Waals surface area contributed by atoms with E-state index < -0.39 is 10.8 Å². The van der Waals surface area contributed by atoms with E-state index in [2.05, 4.69) is 15.5 Å². The Balaban J connectivity index is 1.21. The van der Waals surface area contributed by atoms with Gasteiger partial charge in [0.1, 0.15) is 11.5 Å². The van der Waals surface area contributed by atoms with Gasteiger partial charge in [-0.2, -0.15) is 5.10 Å². The third-order valence-electron chi connectivity index (χ3n) is 8.14. The van der Waals surface area contributed by atoms with Gasteiger partial charge in [0.2, 0.25) is 0 Å². The van der Waals surface area contributed by atoms with Gasteiger partial charge in [0, 0.05) is 24.1 Å². The third-order valence-corrected chi connectivity index (χ3v) is 9.09. The molecule has 50 heavy (non-hydrogen) atoms. The summed E-state index contributed by atoms with van der Waals surface area (Å²) in [6, 6.07) is 30.0. The van der Waals surface area contributed by atoms with Crippen molar-refractivity contribution in [2.45, 2.75) is 30.7 Å². The predicted octanol–water partition coefficient (Wildman–Crippen LogP) is 5.65. The Kier molecular flexibility index (Phi) is 10.5. The molecule has 2 heterocycles. The topological polar surface area (TPSA) is 154 Å². The maximum absolute atomic E-state index is 13.9. The lowest BCUT2D eigenvalue weighted by Crippen LogP contribution is -2.28. The molecule has 0 spiro atoms. The molecule has 1 atom stereocenters. The van der Waals surface area contributed by atoms with Crippen molar-refractivity contribution in [2.75, 3.05) is 20.0 Å². The molecule has 0 radical (unpaired) electrons. The fraction of sp³-hybridized carbons (Fsp3) is 0.194. The van der Waals surface area contributed by atoms with E-state index in [1.54, 1.807) is 14.2 Å². The summed E-state index contributed by atoms with van der Waals surface area (Å²) in [7, 11) is 3.22. The number of methoxy groups -OCH3 is 2. The Morgan fingerprint density at radius 3 is 2.20 bits per heavy atom. The number of hydrazone groups is 1. The molecule has 5 aromatic rings. The first-order chi connectivity index (χ1) is 24.3. The quantitative estimate of drug-likeness (QED) is 0.0937. The maximum Gasteiger partial charge on any atom is 0.269 e. The Morgan fingerprint density at radius 2 is 1.56 bits per heavy atom. The molecular formula is C36H33N7O6S. The summed E-state index contributed by atoms with van der Waals surface area (Å²) in [6.07, 6.45) is 0.526. The molecule has 6 rings (SSSR count). The second-order valence-electron chi connectivity index (χ2n) is 11.3. The lowest BCUT2D eigenvalue weighted by Gasteiger charge is -2.22. The highest BCUT2D eigenvalue weighted by Crippen LogP contribution is 2.35. The van der Waals surface area contributed by atoms with E-state index >= 15 is 0 Å². The van der Waals surface area contributed by atoms with Gasteiger partial charge in [0.05, 0.1) is 49.7 Å². The van der Waals surface area contributed by atoms with Crippen molar-refractivity contribution in [2.24, 2.45) is 5.10 Å². The van der Waals surface area contributed by atoms with E-state index in [0.717, 1.165) is 28.2 Å². The molecule has 0 fully saturated rings. The summed E-state index contributed by atoms with van der Waals surface area (Å²) >= 11 is 1.24. The monoisotopic (exact) mass is 691 g/mol. The molecule has 2 amide bonds. The molecule has 0 saturated carbocycles. The number of ether oxygens (including phenoxy) is 2. The van der Waals surface area contributed by atoms with Crippen LogP contribution in [0.3, 0.4) is 0 Å². The Bertz CT molecular complexity index is 2000. The number of nitrogens with one attached hydrogen (secondary N) is 1. The van der Waals surface area contributed by atoms with E-state index in [9.17, 15) is 19.7 Å². The van der Waals surface area contributed by atoms with Crippen molar-refractivity contribution in [3.63, 3.8) is 0 Å². The van der Waals surface area contributed by atoms with Gasteiger partial charge in [0.25, 0.3) is 17.5 Å². The SMILES string of the molecule is COc1ccc(C2=NN(C(=O)CSc3nnc(CNC(=O)c4ccc([N+](=O)[O-])cc4)n3Cc3ccccc3)[C@H](c3ccc(OC)cc3)C2)cc1. The van der Waals surface area contributed by atoms with Gasteiger partial charge in [0.15, 0.2) is 11.0 Å². The van der Waals surface area contributed by atoms with E-state index in [0.29, 0.717) is 29.7 Å². The van der Waals surface area contributed by atoms with Crippen LogP contribution in [0.2, 0.25) is 0 Å². The molecule has 254 valence electrons. The minimum absolute atomic E-state index is 0.0358. The van der Waals surface area contributed by atoms with Crippen LogP contribution in [0.25, 0.3) is 0 Å². The Morgan fingerprint density at radius 1 is 0.900 bits per heavy atom. The van der Waals surface area contributed by atoms with Gasteiger partial charge < -0.3 is 19.4 Å². The number of carbonyl (C=O) groups excluding carboxylic acids is 2. The Labute approximate surface area is 292 Å². The lowest BCUT2D eigenvalue weighted by molar-refractivity contribution is -0.384.